The summed E-state index contributed by atoms with van der Waals surface area (Å²) in [7, 11) is 0. The lowest BCUT2D eigenvalue weighted by Gasteiger charge is -2.38. The average Bonchev–Trinajstić information content (AvgIpc) is 3.70. The number of hydrogen-bond acceptors (Lipinski definition) is 7. The van der Waals surface area contributed by atoms with Gasteiger partial charge in [-0.25, -0.2) is 9.67 Å². The molecule has 0 radical (unpaired) electrons. The summed E-state index contributed by atoms with van der Waals surface area (Å²) in [4.78, 5) is 48.5. The maximum atomic E-state index is 13.2. The van der Waals surface area contributed by atoms with E-state index in [0.717, 1.165) is 18.5 Å². The summed E-state index contributed by atoms with van der Waals surface area (Å²) in [6.45, 7) is 2.95. The molecule has 11 nitrogen and oxygen atoms in total. The van der Waals surface area contributed by atoms with Crippen molar-refractivity contribution in [2.75, 3.05) is 18.4 Å². The molecule has 1 saturated carbocycles. The number of amides is 2. The van der Waals surface area contributed by atoms with Crippen molar-refractivity contribution in [2.45, 2.75) is 44.8 Å². The SMILES string of the molecule is Cc1ccc(C(=O)Nc2ccc(-n3ncc4c(=O)n(CC5(O)CCN(C(=O)C6CC6)CC5)cnc43)cc2)cn1. The lowest BCUT2D eigenvalue weighted by Crippen LogP contribution is -2.50. The number of carbonyl (C=O) groups is 2. The standard InChI is InChI=1S/C28H29N7O4/c1-18-2-3-20(14-29-18)25(36)32-21-6-8-22(9-7-21)35-24-23(15-31-35)27(38)34(17-30-24)16-28(39)10-12-33(13-11-28)26(37)19-4-5-19/h2-3,6-9,14-15,17,19,39H,4-5,10-13,16H2,1H3,(H,32,36). The van der Waals surface area contributed by atoms with Crippen molar-refractivity contribution in [3.63, 3.8) is 0 Å². The van der Waals surface area contributed by atoms with E-state index in [9.17, 15) is 19.5 Å². The quantitative estimate of drug-likeness (QED) is 0.393. The summed E-state index contributed by atoms with van der Waals surface area (Å²) in [5.74, 6) is 0.0840. The van der Waals surface area contributed by atoms with E-state index in [2.05, 4.69) is 20.4 Å². The van der Waals surface area contributed by atoms with E-state index in [1.54, 1.807) is 41.1 Å². The molecule has 2 aliphatic rings. The van der Waals surface area contributed by atoms with Gasteiger partial charge < -0.3 is 15.3 Å². The fourth-order valence-corrected chi connectivity index (χ4v) is 4.95. The molecule has 2 amide bonds. The van der Waals surface area contributed by atoms with Crippen LogP contribution in [0.5, 0.6) is 0 Å². The molecule has 0 unspecified atom stereocenters. The Hall–Kier alpha value is -4.38. The first-order valence-electron chi connectivity index (χ1n) is 13.1. The number of nitrogens with one attached hydrogen (secondary N) is 1. The zero-order valence-electron chi connectivity index (χ0n) is 21.6. The molecule has 0 spiro atoms. The Bertz CT molecular complexity index is 1600. The second kappa shape index (κ2) is 9.73. The van der Waals surface area contributed by atoms with Crippen LogP contribution < -0.4 is 10.9 Å². The van der Waals surface area contributed by atoms with Gasteiger partial charge in [-0.2, -0.15) is 5.10 Å². The van der Waals surface area contributed by atoms with Gasteiger partial charge in [0.1, 0.15) is 11.7 Å². The molecule has 0 atom stereocenters. The van der Waals surface area contributed by atoms with Crippen LogP contribution in [0.1, 0.15) is 41.7 Å². The third-order valence-electron chi connectivity index (χ3n) is 7.49. The van der Waals surface area contributed by atoms with Crippen LogP contribution >= 0.6 is 0 Å². The Morgan fingerprint density at radius 1 is 1.05 bits per heavy atom. The Morgan fingerprint density at radius 3 is 2.46 bits per heavy atom. The predicted molar refractivity (Wildman–Crippen MR) is 144 cm³/mol. The van der Waals surface area contributed by atoms with Crippen LogP contribution in [0.25, 0.3) is 16.7 Å². The number of aliphatic hydroxyl groups is 1. The van der Waals surface area contributed by atoms with E-state index < -0.39 is 5.60 Å². The molecule has 1 saturated heterocycles. The second-order valence-electron chi connectivity index (χ2n) is 10.5. The van der Waals surface area contributed by atoms with E-state index in [4.69, 9.17) is 0 Å². The number of carbonyl (C=O) groups excluding carboxylic acids is 2. The number of fused-ring (bicyclic) bond motifs is 1. The van der Waals surface area contributed by atoms with Crippen molar-refractivity contribution in [2.24, 2.45) is 5.92 Å². The monoisotopic (exact) mass is 527 g/mol. The number of benzene rings is 1. The smallest absolute Gasteiger partial charge is 0.264 e. The molecule has 4 aromatic rings. The van der Waals surface area contributed by atoms with Crippen molar-refractivity contribution >= 4 is 28.5 Å². The molecule has 11 heteroatoms. The van der Waals surface area contributed by atoms with E-state index in [0.29, 0.717) is 53.9 Å². The summed E-state index contributed by atoms with van der Waals surface area (Å²) in [6, 6.07) is 10.6. The number of anilines is 1. The van der Waals surface area contributed by atoms with Gasteiger partial charge in [0.25, 0.3) is 11.5 Å². The van der Waals surface area contributed by atoms with Gasteiger partial charge in [0.05, 0.1) is 29.6 Å². The van der Waals surface area contributed by atoms with E-state index >= 15 is 0 Å². The minimum atomic E-state index is -1.08. The highest BCUT2D eigenvalue weighted by molar-refractivity contribution is 6.04. The molecule has 39 heavy (non-hydrogen) atoms. The Labute approximate surface area is 224 Å². The minimum absolute atomic E-state index is 0.107. The van der Waals surface area contributed by atoms with Crippen molar-refractivity contribution in [3.8, 4) is 5.69 Å². The van der Waals surface area contributed by atoms with Gasteiger partial charge in [-0.15, -0.1) is 0 Å². The fourth-order valence-electron chi connectivity index (χ4n) is 4.95. The molecule has 1 aromatic carbocycles. The van der Waals surface area contributed by atoms with Crippen molar-refractivity contribution in [1.82, 2.24) is 29.2 Å². The molecule has 2 N–H and O–H groups in total. The number of hydrogen-bond donors (Lipinski definition) is 2. The first kappa shape index (κ1) is 24.9. The van der Waals surface area contributed by atoms with Crippen LogP contribution in [0.3, 0.4) is 0 Å². The molecule has 2 fully saturated rings. The van der Waals surface area contributed by atoms with Gasteiger partial charge in [0, 0.05) is 36.6 Å². The minimum Gasteiger partial charge on any atom is -0.388 e. The maximum Gasteiger partial charge on any atom is 0.264 e. The van der Waals surface area contributed by atoms with Crippen molar-refractivity contribution in [3.05, 3.63) is 76.7 Å². The molecule has 1 aliphatic heterocycles. The molecular weight excluding hydrogens is 498 g/mol. The zero-order valence-corrected chi connectivity index (χ0v) is 21.6. The number of piperidine rings is 1. The molecule has 200 valence electrons. The molecule has 1 aliphatic carbocycles. The lowest BCUT2D eigenvalue weighted by atomic mass is 9.91. The Balaban J connectivity index is 1.15. The summed E-state index contributed by atoms with van der Waals surface area (Å²) in [5.41, 5.74) is 1.61. The molecule has 0 bridgehead atoms. The van der Waals surface area contributed by atoms with E-state index in [-0.39, 0.29) is 29.8 Å². The lowest BCUT2D eigenvalue weighted by molar-refractivity contribution is -0.137. The highest BCUT2D eigenvalue weighted by atomic mass is 16.3. The molecular formula is C28H29N7O4. The van der Waals surface area contributed by atoms with Gasteiger partial charge in [0.15, 0.2) is 5.65 Å². The first-order valence-corrected chi connectivity index (χ1v) is 13.1. The molecule has 3 aromatic heterocycles. The first-order chi connectivity index (χ1) is 18.8. The number of aryl methyl sites for hydroxylation is 1. The molecule has 4 heterocycles. The number of aromatic nitrogens is 5. The van der Waals surface area contributed by atoms with Gasteiger partial charge in [-0.1, -0.05) is 0 Å². The topological polar surface area (TPSA) is 135 Å². The largest absolute Gasteiger partial charge is 0.388 e. The average molecular weight is 528 g/mol. The van der Waals surface area contributed by atoms with Crippen molar-refractivity contribution in [1.29, 1.82) is 0 Å². The van der Waals surface area contributed by atoms with Gasteiger partial charge in [-0.3, -0.25) is 23.9 Å². The maximum absolute atomic E-state index is 13.2. The van der Waals surface area contributed by atoms with Crippen LogP contribution in [0.2, 0.25) is 0 Å². The number of rotatable bonds is 6. The summed E-state index contributed by atoms with van der Waals surface area (Å²) in [5, 5.41) is 18.7. The van der Waals surface area contributed by atoms with Crippen LogP contribution in [-0.4, -0.2) is 64.8 Å². The van der Waals surface area contributed by atoms with E-state index in [1.807, 2.05) is 11.8 Å². The van der Waals surface area contributed by atoms with E-state index in [1.165, 1.54) is 23.3 Å². The Morgan fingerprint density at radius 2 is 1.79 bits per heavy atom. The van der Waals surface area contributed by atoms with Crippen LogP contribution in [0.15, 0.2) is 59.9 Å². The van der Waals surface area contributed by atoms with Crippen LogP contribution in [0, 0.1) is 12.8 Å². The number of likely N-dealkylation sites (tertiary alicyclic amines) is 1. The van der Waals surface area contributed by atoms with Crippen molar-refractivity contribution < 1.29 is 14.7 Å². The number of nitrogens with zero attached hydrogens (tertiary/aromatic N) is 6. The third kappa shape index (κ3) is 5.05. The van der Waals surface area contributed by atoms with Crippen LogP contribution in [-0.2, 0) is 11.3 Å². The second-order valence-corrected chi connectivity index (χ2v) is 10.5. The van der Waals surface area contributed by atoms with Gasteiger partial charge in [0.2, 0.25) is 5.91 Å². The molecule has 6 rings (SSSR count). The highest BCUT2D eigenvalue weighted by Gasteiger charge is 2.39. The zero-order chi connectivity index (χ0) is 27.1. The number of pyridine rings is 1. The Kier molecular flexibility index (Phi) is 6.22. The van der Waals surface area contributed by atoms with Gasteiger partial charge in [-0.05, 0) is 69.0 Å². The summed E-state index contributed by atoms with van der Waals surface area (Å²) in [6.07, 6.45) is 7.19. The fraction of sp³-hybridized carbons (Fsp3) is 0.357. The predicted octanol–water partition coefficient (Wildman–Crippen LogP) is 2.30. The van der Waals surface area contributed by atoms with Crippen LogP contribution in [0.4, 0.5) is 5.69 Å². The van der Waals surface area contributed by atoms with Gasteiger partial charge >= 0.3 is 0 Å². The normalized spacial score (nSPS) is 16.8. The summed E-state index contributed by atoms with van der Waals surface area (Å²) < 4.78 is 2.98. The summed E-state index contributed by atoms with van der Waals surface area (Å²) >= 11 is 0. The third-order valence-corrected chi connectivity index (χ3v) is 7.49. The highest BCUT2D eigenvalue weighted by Crippen LogP contribution is 2.33.